The predicted molar refractivity (Wildman–Crippen MR) is 66.6 cm³/mol. The van der Waals surface area contributed by atoms with Gasteiger partial charge in [0.25, 0.3) is 0 Å². The second kappa shape index (κ2) is 6.01. The number of benzene rings is 1. The van der Waals surface area contributed by atoms with Crippen molar-refractivity contribution in [3.63, 3.8) is 0 Å². The van der Waals surface area contributed by atoms with Crippen molar-refractivity contribution < 1.29 is 22.7 Å². The van der Waals surface area contributed by atoms with E-state index in [4.69, 9.17) is 4.74 Å². The minimum absolute atomic E-state index is 0.0506. The summed E-state index contributed by atoms with van der Waals surface area (Å²) in [5, 5.41) is 9.37. The van der Waals surface area contributed by atoms with E-state index in [1.165, 1.54) is 0 Å². The zero-order chi connectivity index (χ0) is 13.8. The molecule has 0 aliphatic heterocycles. The van der Waals surface area contributed by atoms with Crippen LogP contribution < -0.4 is 4.72 Å². The maximum atomic E-state index is 12.7. The number of phenolic OH excluding ortho intramolecular Hbond substituents is 1. The average Bonchev–Trinajstić information content (AvgIpc) is 2.21. The molecule has 0 unspecified atom stereocenters. The van der Waals surface area contributed by atoms with Crippen LogP contribution in [0.4, 0.5) is 10.1 Å². The van der Waals surface area contributed by atoms with Crippen molar-refractivity contribution in [3.05, 3.63) is 24.0 Å². The highest BCUT2D eigenvalue weighted by Crippen LogP contribution is 2.24. The lowest BCUT2D eigenvalue weighted by Crippen LogP contribution is -2.21. The number of halogens is 1. The van der Waals surface area contributed by atoms with Crippen LogP contribution in [0.3, 0.4) is 0 Å². The topological polar surface area (TPSA) is 75.6 Å². The number of ether oxygens (including phenoxy) is 1. The van der Waals surface area contributed by atoms with Crippen molar-refractivity contribution in [1.29, 1.82) is 0 Å². The first-order chi connectivity index (χ1) is 8.30. The van der Waals surface area contributed by atoms with Crippen molar-refractivity contribution >= 4 is 15.7 Å². The maximum Gasteiger partial charge on any atom is 0.235 e. The third-order valence-corrected chi connectivity index (χ3v) is 3.26. The molecule has 0 saturated carbocycles. The number of hydrogen-bond donors (Lipinski definition) is 2. The molecule has 1 rings (SSSR count). The zero-order valence-electron chi connectivity index (χ0n) is 10.2. The quantitative estimate of drug-likeness (QED) is 0.776. The summed E-state index contributed by atoms with van der Waals surface area (Å²) in [4.78, 5) is 0. The Morgan fingerprint density at radius 2 is 2.11 bits per heavy atom. The summed E-state index contributed by atoms with van der Waals surface area (Å²) < 4.78 is 43.2. The van der Waals surface area contributed by atoms with Crippen LogP contribution in [0.5, 0.6) is 5.75 Å². The van der Waals surface area contributed by atoms with Gasteiger partial charge in [-0.05, 0) is 26.0 Å². The molecule has 102 valence electrons. The van der Waals surface area contributed by atoms with E-state index >= 15 is 0 Å². The molecule has 0 atom stereocenters. The minimum atomic E-state index is -3.62. The normalized spacial score (nSPS) is 11.8. The van der Waals surface area contributed by atoms with Gasteiger partial charge in [0.15, 0.2) is 0 Å². The van der Waals surface area contributed by atoms with Gasteiger partial charge in [-0.25, -0.2) is 12.8 Å². The van der Waals surface area contributed by atoms with Crippen molar-refractivity contribution in [3.8, 4) is 5.75 Å². The van der Waals surface area contributed by atoms with E-state index in [0.29, 0.717) is 0 Å². The molecule has 0 fully saturated rings. The van der Waals surface area contributed by atoms with Gasteiger partial charge in [-0.1, -0.05) is 0 Å². The molecule has 0 aromatic heterocycles. The fourth-order valence-corrected chi connectivity index (χ4v) is 2.13. The molecule has 0 saturated heterocycles. The molecule has 1 aromatic rings. The fraction of sp³-hybridized carbons (Fsp3) is 0.455. The van der Waals surface area contributed by atoms with Gasteiger partial charge in [0.05, 0.1) is 24.2 Å². The smallest absolute Gasteiger partial charge is 0.235 e. The highest BCUT2D eigenvalue weighted by molar-refractivity contribution is 7.92. The summed E-state index contributed by atoms with van der Waals surface area (Å²) in [5.41, 5.74) is -0.0547. The van der Waals surface area contributed by atoms with Crippen LogP contribution in [0.25, 0.3) is 0 Å². The SMILES string of the molecule is CC(C)OCCS(=O)(=O)Nc1ccc(F)cc1O. The lowest BCUT2D eigenvalue weighted by molar-refractivity contribution is 0.0913. The minimum Gasteiger partial charge on any atom is -0.506 e. The number of hydrogen-bond acceptors (Lipinski definition) is 4. The number of rotatable bonds is 6. The molecule has 7 heteroatoms. The van der Waals surface area contributed by atoms with E-state index in [-0.39, 0.29) is 24.2 Å². The van der Waals surface area contributed by atoms with Gasteiger partial charge < -0.3 is 9.84 Å². The number of sulfonamides is 1. The molecule has 0 amide bonds. The molecule has 1 aromatic carbocycles. The zero-order valence-corrected chi connectivity index (χ0v) is 11.0. The van der Waals surface area contributed by atoms with Crippen molar-refractivity contribution in [2.75, 3.05) is 17.1 Å². The van der Waals surface area contributed by atoms with E-state index in [9.17, 15) is 17.9 Å². The van der Waals surface area contributed by atoms with Crippen LogP contribution in [-0.4, -0.2) is 32.0 Å². The van der Waals surface area contributed by atoms with Gasteiger partial charge in [0, 0.05) is 6.07 Å². The summed E-state index contributed by atoms with van der Waals surface area (Å²) in [7, 11) is -3.62. The van der Waals surface area contributed by atoms with Crippen molar-refractivity contribution in [2.45, 2.75) is 20.0 Å². The Morgan fingerprint density at radius 1 is 1.44 bits per heavy atom. The molecule has 18 heavy (non-hydrogen) atoms. The second-order valence-electron chi connectivity index (χ2n) is 4.00. The van der Waals surface area contributed by atoms with Gasteiger partial charge in [-0.15, -0.1) is 0 Å². The van der Waals surface area contributed by atoms with E-state index in [1.807, 2.05) is 0 Å². The van der Waals surface area contributed by atoms with E-state index in [1.54, 1.807) is 13.8 Å². The average molecular weight is 277 g/mol. The Morgan fingerprint density at radius 3 is 2.67 bits per heavy atom. The Bertz CT molecular complexity index is 502. The van der Waals surface area contributed by atoms with Crippen LogP contribution in [0.2, 0.25) is 0 Å². The monoisotopic (exact) mass is 277 g/mol. The van der Waals surface area contributed by atoms with E-state index in [0.717, 1.165) is 18.2 Å². The molecule has 0 bridgehead atoms. The van der Waals surface area contributed by atoms with Crippen LogP contribution in [-0.2, 0) is 14.8 Å². The Balaban J connectivity index is 2.65. The van der Waals surface area contributed by atoms with E-state index < -0.39 is 21.6 Å². The molecule has 2 N–H and O–H groups in total. The maximum absolute atomic E-state index is 12.7. The van der Waals surface area contributed by atoms with Crippen LogP contribution in [0.15, 0.2) is 18.2 Å². The van der Waals surface area contributed by atoms with Crippen molar-refractivity contribution in [1.82, 2.24) is 0 Å². The summed E-state index contributed by atoms with van der Waals surface area (Å²) in [6.07, 6.45) is -0.0561. The number of phenols is 1. The van der Waals surface area contributed by atoms with Crippen molar-refractivity contribution in [2.24, 2.45) is 0 Å². The molecular weight excluding hydrogens is 261 g/mol. The summed E-state index contributed by atoms with van der Waals surface area (Å²) in [5.74, 6) is -1.33. The highest BCUT2D eigenvalue weighted by atomic mass is 32.2. The molecule has 5 nitrogen and oxygen atoms in total. The highest BCUT2D eigenvalue weighted by Gasteiger charge is 2.13. The van der Waals surface area contributed by atoms with Gasteiger partial charge in [-0.2, -0.15) is 0 Å². The van der Waals surface area contributed by atoms with Gasteiger partial charge in [0.1, 0.15) is 11.6 Å². The van der Waals surface area contributed by atoms with Gasteiger partial charge >= 0.3 is 0 Å². The molecule has 0 aliphatic rings. The first-order valence-electron chi connectivity index (χ1n) is 5.41. The Kier molecular flexibility index (Phi) is 4.92. The first kappa shape index (κ1) is 14.7. The number of anilines is 1. The Hall–Kier alpha value is -1.34. The molecule has 0 aliphatic carbocycles. The van der Waals surface area contributed by atoms with Crippen LogP contribution in [0, 0.1) is 5.82 Å². The molecule has 0 radical (unpaired) electrons. The lowest BCUT2D eigenvalue weighted by Gasteiger charge is -2.11. The van der Waals surface area contributed by atoms with Gasteiger partial charge in [0.2, 0.25) is 10.0 Å². The third-order valence-electron chi connectivity index (χ3n) is 2.03. The molecular formula is C11H16FNO4S. The van der Waals surface area contributed by atoms with E-state index in [2.05, 4.69) is 4.72 Å². The summed E-state index contributed by atoms with van der Waals surface area (Å²) >= 11 is 0. The van der Waals surface area contributed by atoms with Gasteiger partial charge in [-0.3, -0.25) is 4.72 Å². The number of nitrogens with one attached hydrogen (secondary N) is 1. The number of aromatic hydroxyl groups is 1. The third kappa shape index (κ3) is 4.89. The summed E-state index contributed by atoms with van der Waals surface area (Å²) in [6, 6.07) is 3.05. The molecule has 0 heterocycles. The predicted octanol–water partition coefficient (Wildman–Crippen LogP) is 1.70. The molecule has 0 spiro atoms. The standard InChI is InChI=1S/C11H16FNO4S/c1-8(2)17-5-6-18(15,16)13-10-4-3-9(12)7-11(10)14/h3-4,7-8,13-14H,5-6H2,1-2H3. The summed E-state index contributed by atoms with van der Waals surface area (Å²) in [6.45, 7) is 3.65. The largest absolute Gasteiger partial charge is 0.506 e. The lowest BCUT2D eigenvalue weighted by atomic mass is 10.3. The first-order valence-corrected chi connectivity index (χ1v) is 7.06. The fourth-order valence-electron chi connectivity index (χ4n) is 1.20. The van der Waals surface area contributed by atoms with Crippen LogP contribution in [0.1, 0.15) is 13.8 Å². The van der Waals surface area contributed by atoms with Crippen LogP contribution >= 0.6 is 0 Å². The second-order valence-corrected chi connectivity index (χ2v) is 5.84. The Labute approximate surface area is 106 Å².